The highest BCUT2D eigenvalue weighted by atomic mass is 32.2. The quantitative estimate of drug-likeness (QED) is 0.773. The van der Waals surface area contributed by atoms with Gasteiger partial charge in [0.15, 0.2) is 4.34 Å². The molecule has 0 unspecified atom stereocenters. The van der Waals surface area contributed by atoms with Crippen LogP contribution in [-0.4, -0.2) is 15.6 Å². The summed E-state index contributed by atoms with van der Waals surface area (Å²) < 4.78 is 17.9. The molecule has 0 aliphatic heterocycles. The van der Waals surface area contributed by atoms with Crippen molar-refractivity contribution >= 4 is 29.6 Å². The summed E-state index contributed by atoms with van der Waals surface area (Å²) in [5.74, 6) is -0.417. The topological polar surface area (TPSA) is 42.9 Å². The van der Waals surface area contributed by atoms with E-state index in [1.807, 2.05) is 0 Å². The lowest BCUT2D eigenvalue weighted by molar-refractivity contribution is 0.112. The minimum absolute atomic E-state index is 0.328. The lowest BCUT2D eigenvalue weighted by Crippen LogP contribution is -1.85. The minimum atomic E-state index is -0.417. The van der Waals surface area contributed by atoms with Crippen LogP contribution in [0.3, 0.4) is 0 Å². The highest BCUT2D eigenvalue weighted by Gasteiger charge is 2.07. The Labute approximate surface area is 93.5 Å². The molecule has 0 saturated heterocycles. The summed E-state index contributed by atoms with van der Waals surface area (Å²) in [4.78, 5) is 14.8. The Bertz CT molecular complexity index is 473. The Hall–Kier alpha value is -1.27. The van der Waals surface area contributed by atoms with E-state index < -0.39 is 5.82 Å². The van der Waals surface area contributed by atoms with Gasteiger partial charge in [-0.1, -0.05) is 17.8 Å². The predicted octanol–water partition coefficient (Wildman–Crippen LogP) is 2.64. The Morgan fingerprint density at radius 2 is 2.33 bits per heavy atom. The van der Waals surface area contributed by atoms with Gasteiger partial charge < -0.3 is 0 Å². The lowest BCUT2D eigenvalue weighted by atomic mass is 10.2. The first-order chi connectivity index (χ1) is 7.29. The fourth-order valence-corrected chi connectivity index (χ4v) is 2.38. The maximum atomic E-state index is 13.4. The smallest absolute Gasteiger partial charge is 0.174 e. The van der Waals surface area contributed by atoms with Gasteiger partial charge in [0.05, 0.1) is 4.90 Å². The first-order valence-corrected chi connectivity index (χ1v) is 5.58. The zero-order valence-corrected chi connectivity index (χ0v) is 9.02. The van der Waals surface area contributed by atoms with Crippen molar-refractivity contribution < 1.29 is 9.18 Å². The molecule has 15 heavy (non-hydrogen) atoms. The average molecular weight is 240 g/mol. The fourth-order valence-electron chi connectivity index (χ4n) is 0.975. The average Bonchev–Trinajstić information content (AvgIpc) is 2.74. The summed E-state index contributed by atoms with van der Waals surface area (Å²) in [6.07, 6.45) is 2.03. The molecule has 0 aliphatic carbocycles. The molecule has 3 nitrogen and oxygen atoms in total. The third kappa shape index (κ3) is 2.40. The third-order valence-electron chi connectivity index (χ3n) is 1.63. The maximum absolute atomic E-state index is 13.4. The number of aldehydes is 1. The number of hydrogen-bond acceptors (Lipinski definition) is 5. The summed E-state index contributed by atoms with van der Waals surface area (Å²) >= 11 is 2.40. The molecule has 2 aromatic rings. The molecule has 0 bridgehead atoms. The molecule has 0 N–H and O–H groups in total. The zero-order valence-electron chi connectivity index (χ0n) is 7.38. The van der Waals surface area contributed by atoms with Gasteiger partial charge in [-0.15, -0.1) is 0 Å². The lowest BCUT2D eigenvalue weighted by Gasteiger charge is -1.99. The van der Waals surface area contributed by atoms with Crippen LogP contribution in [0.5, 0.6) is 0 Å². The van der Waals surface area contributed by atoms with Gasteiger partial charge in [0.25, 0.3) is 0 Å². The van der Waals surface area contributed by atoms with Crippen LogP contribution < -0.4 is 0 Å². The molecule has 2 rings (SSSR count). The third-order valence-corrected chi connectivity index (χ3v) is 3.40. The van der Waals surface area contributed by atoms with Gasteiger partial charge in [0.1, 0.15) is 18.4 Å². The van der Waals surface area contributed by atoms with Gasteiger partial charge in [0, 0.05) is 5.56 Å². The van der Waals surface area contributed by atoms with Crippen molar-refractivity contribution in [2.45, 2.75) is 9.24 Å². The maximum Gasteiger partial charge on any atom is 0.174 e. The molecule has 0 atom stereocenters. The van der Waals surface area contributed by atoms with Gasteiger partial charge >= 0.3 is 0 Å². The Morgan fingerprint density at radius 1 is 1.47 bits per heavy atom. The SMILES string of the molecule is O=Cc1ccc(Sc2ncns2)c(F)c1. The Morgan fingerprint density at radius 3 is 2.93 bits per heavy atom. The normalized spacial score (nSPS) is 10.2. The number of benzene rings is 1. The molecule has 1 heterocycles. The first kappa shape index (κ1) is 10.3. The Kier molecular flexibility index (Phi) is 3.08. The predicted molar refractivity (Wildman–Crippen MR) is 55.8 cm³/mol. The van der Waals surface area contributed by atoms with Gasteiger partial charge in [-0.2, -0.15) is 4.37 Å². The second-order valence-electron chi connectivity index (χ2n) is 2.62. The molecular formula is C9H5FN2OS2. The molecule has 0 saturated carbocycles. The van der Waals surface area contributed by atoms with Crippen molar-refractivity contribution in [3.05, 3.63) is 35.9 Å². The molecular weight excluding hydrogens is 235 g/mol. The fraction of sp³-hybridized carbons (Fsp3) is 0. The van der Waals surface area contributed by atoms with E-state index in [9.17, 15) is 9.18 Å². The van der Waals surface area contributed by atoms with Gasteiger partial charge in [0.2, 0.25) is 0 Å². The highest BCUT2D eigenvalue weighted by molar-refractivity contribution is 8.01. The van der Waals surface area contributed by atoms with Crippen molar-refractivity contribution in [1.29, 1.82) is 0 Å². The van der Waals surface area contributed by atoms with E-state index >= 15 is 0 Å². The van der Waals surface area contributed by atoms with Crippen molar-refractivity contribution in [2.75, 3.05) is 0 Å². The number of carbonyl (C=O) groups is 1. The highest BCUT2D eigenvalue weighted by Crippen LogP contribution is 2.30. The first-order valence-electron chi connectivity index (χ1n) is 3.99. The number of halogens is 1. The summed E-state index contributed by atoms with van der Waals surface area (Å²) in [5.41, 5.74) is 0.328. The van der Waals surface area contributed by atoms with Crippen LogP contribution in [-0.2, 0) is 0 Å². The standard InChI is InChI=1S/C9H5FN2OS2/c10-7-3-6(4-13)1-2-8(7)14-9-11-5-12-15-9/h1-5H. The van der Waals surface area contributed by atoms with E-state index in [1.54, 1.807) is 12.1 Å². The molecule has 0 spiro atoms. The summed E-state index contributed by atoms with van der Waals surface area (Å²) in [5, 5.41) is 0. The van der Waals surface area contributed by atoms with Crippen molar-refractivity contribution in [3.8, 4) is 0 Å². The Balaban J connectivity index is 2.26. The van der Waals surface area contributed by atoms with Crippen LogP contribution >= 0.6 is 23.3 Å². The van der Waals surface area contributed by atoms with Crippen molar-refractivity contribution in [3.63, 3.8) is 0 Å². The van der Waals surface area contributed by atoms with Crippen LogP contribution in [0, 0.1) is 5.82 Å². The minimum Gasteiger partial charge on any atom is -0.298 e. The van der Waals surface area contributed by atoms with Gasteiger partial charge in [-0.3, -0.25) is 4.79 Å². The van der Waals surface area contributed by atoms with Gasteiger partial charge in [-0.25, -0.2) is 9.37 Å². The van der Waals surface area contributed by atoms with Crippen LogP contribution in [0.25, 0.3) is 0 Å². The second-order valence-corrected chi connectivity index (χ2v) is 4.69. The zero-order chi connectivity index (χ0) is 10.7. The van der Waals surface area contributed by atoms with E-state index in [1.165, 1.54) is 35.7 Å². The van der Waals surface area contributed by atoms with Crippen LogP contribution in [0.2, 0.25) is 0 Å². The van der Waals surface area contributed by atoms with Crippen LogP contribution in [0.4, 0.5) is 4.39 Å². The van der Waals surface area contributed by atoms with Crippen molar-refractivity contribution in [1.82, 2.24) is 9.36 Å². The van der Waals surface area contributed by atoms with Crippen LogP contribution in [0.15, 0.2) is 33.8 Å². The van der Waals surface area contributed by atoms with E-state index in [4.69, 9.17) is 0 Å². The summed E-state index contributed by atoms with van der Waals surface area (Å²) in [6.45, 7) is 0. The molecule has 1 aromatic carbocycles. The summed E-state index contributed by atoms with van der Waals surface area (Å²) in [6, 6.07) is 4.33. The monoisotopic (exact) mass is 240 g/mol. The van der Waals surface area contributed by atoms with Crippen molar-refractivity contribution in [2.24, 2.45) is 0 Å². The van der Waals surface area contributed by atoms with Gasteiger partial charge in [-0.05, 0) is 23.7 Å². The molecule has 0 radical (unpaired) electrons. The van der Waals surface area contributed by atoms with Crippen LogP contribution in [0.1, 0.15) is 10.4 Å². The summed E-state index contributed by atoms with van der Waals surface area (Å²) in [7, 11) is 0. The molecule has 0 aliphatic rings. The number of carbonyl (C=O) groups excluding carboxylic acids is 1. The number of nitrogens with zero attached hydrogens (tertiary/aromatic N) is 2. The van der Waals surface area contributed by atoms with E-state index in [2.05, 4.69) is 9.36 Å². The molecule has 0 amide bonds. The molecule has 6 heteroatoms. The molecule has 0 fully saturated rings. The molecule has 76 valence electrons. The largest absolute Gasteiger partial charge is 0.298 e. The van der Waals surface area contributed by atoms with E-state index in [0.29, 0.717) is 21.1 Å². The van der Waals surface area contributed by atoms with E-state index in [-0.39, 0.29) is 0 Å². The van der Waals surface area contributed by atoms with E-state index in [0.717, 1.165) is 0 Å². The second kappa shape index (κ2) is 4.50. The number of aromatic nitrogens is 2. The number of hydrogen-bond donors (Lipinski definition) is 0. The molecule has 1 aromatic heterocycles. The number of rotatable bonds is 3.